The van der Waals surface area contributed by atoms with Crippen molar-refractivity contribution in [3.63, 3.8) is 0 Å². The standard InChI is InChI=1S/C21H21N3O7/c1-29-17-8-5-14(11-16(17)25)20(18(30-2)9-10-19(26)24-28)31-21(27)23-15-6-3-13(12-22)4-7-15/h3-11,18,20,25,28H,1-2H3,(H,23,27)(H,24,26)/b10-9+/t18-,20-/m0/s1. The molecule has 0 aliphatic heterocycles. The van der Waals surface area contributed by atoms with Crippen molar-refractivity contribution in [1.29, 1.82) is 5.26 Å². The second kappa shape index (κ2) is 11.2. The second-order valence-electron chi connectivity index (χ2n) is 6.11. The topological polar surface area (TPSA) is 150 Å². The summed E-state index contributed by atoms with van der Waals surface area (Å²) in [6, 6.07) is 12.5. The Morgan fingerprint density at radius 2 is 1.87 bits per heavy atom. The highest BCUT2D eigenvalue weighted by atomic mass is 16.6. The number of carbonyl (C=O) groups excluding carboxylic acids is 2. The van der Waals surface area contributed by atoms with E-state index < -0.39 is 24.2 Å². The van der Waals surface area contributed by atoms with E-state index in [1.165, 1.54) is 62.2 Å². The van der Waals surface area contributed by atoms with Gasteiger partial charge in [-0.2, -0.15) is 5.26 Å². The maximum Gasteiger partial charge on any atom is 0.412 e. The zero-order valence-corrected chi connectivity index (χ0v) is 16.7. The number of anilines is 1. The van der Waals surface area contributed by atoms with Crippen molar-refractivity contribution in [2.45, 2.75) is 12.2 Å². The number of phenols is 1. The van der Waals surface area contributed by atoms with Crippen molar-refractivity contribution in [1.82, 2.24) is 5.48 Å². The molecule has 4 N–H and O–H groups in total. The number of rotatable bonds is 8. The number of aromatic hydroxyl groups is 1. The number of nitrogens with one attached hydrogen (secondary N) is 2. The summed E-state index contributed by atoms with van der Waals surface area (Å²) in [4.78, 5) is 23.8. The van der Waals surface area contributed by atoms with Crippen LogP contribution in [0.2, 0.25) is 0 Å². The van der Waals surface area contributed by atoms with E-state index in [0.29, 0.717) is 16.8 Å². The summed E-state index contributed by atoms with van der Waals surface area (Å²) in [6.45, 7) is 0. The van der Waals surface area contributed by atoms with E-state index in [1.807, 2.05) is 6.07 Å². The fourth-order valence-electron chi connectivity index (χ4n) is 2.62. The number of hydrogen-bond donors (Lipinski definition) is 4. The lowest BCUT2D eigenvalue weighted by Gasteiger charge is -2.25. The summed E-state index contributed by atoms with van der Waals surface area (Å²) in [5, 5.41) is 30.2. The largest absolute Gasteiger partial charge is 0.504 e. The monoisotopic (exact) mass is 427 g/mol. The van der Waals surface area contributed by atoms with Gasteiger partial charge >= 0.3 is 6.09 Å². The van der Waals surface area contributed by atoms with Crippen molar-refractivity contribution in [2.24, 2.45) is 0 Å². The lowest BCUT2D eigenvalue weighted by atomic mass is 10.0. The molecule has 31 heavy (non-hydrogen) atoms. The molecule has 0 saturated heterocycles. The van der Waals surface area contributed by atoms with Crippen LogP contribution in [-0.2, 0) is 14.3 Å². The fraction of sp³-hybridized carbons (Fsp3) is 0.190. The number of nitrogens with zero attached hydrogens (tertiary/aromatic N) is 1. The van der Waals surface area contributed by atoms with Gasteiger partial charge in [0.25, 0.3) is 5.91 Å². The summed E-state index contributed by atoms with van der Waals surface area (Å²) in [7, 11) is 2.73. The maximum absolute atomic E-state index is 12.5. The van der Waals surface area contributed by atoms with Crippen molar-refractivity contribution in [3.8, 4) is 17.6 Å². The Kier molecular flexibility index (Phi) is 8.39. The van der Waals surface area contributed by atoms with Gasteiger partial charge in [-0.15, -0.1) is 0 Å². The first-order valence-electron chi connectivity index (χ1n) is 8.91. The predicted molar refractivity (Wildman–Crippen MR) is 109 cm³/mol. The van der Waals surface area contributed by atoms with Gasteiger partial charge in [-0.25, -0.2) is 10.3 Å². The van der Waals surface area contributed by atoms with E-state index in [4.69, 9.17) is 24.7 Å². The molecule has 0 radical (unpaired) electrons. The molecule has 0 aromatic heterocycles. The van der Waals surface area contributed by atoms with Gasteiger partial charge in [0.05, 0.1) is 18.7 Å². The third kappa shape index (κ3) is 6.46. The van der Waals surface area contributed by atoms with E-state index in [1.54, 1.807) is 6.07 Å². The molecule has 10 nitrogen and oxygen atoms in total. The third-order valence-electron chi connectivity index (χ3n) is 4.14. The van der Waals surface area contributed by atoms with E-state index in [-0.39, 0.29) is 11.5 Å². The SMILES string of the molecule is COc1ccc([C@H](OC(=O)Nc2ccc(C#N)cc2)[C@H](/C=C/C(=O)NO)OC)cc1O. The van der Waals surface area contributed by atoms with Crippen LogP contribution in [0.25, 0.3) is 0 Å². The summed E-state index contributed by atoms with van der Waals surface area (Å²) < 4.78 is 15.9. The lowest BCUT2D eigenvalue weighted by molar-refractivity contribution is -0.124. The lowest BCUT2D eigenvalue weighted by Crippen LogP contribution is -2.27. The van der Waals surface area contributed by atoms with Crippen LogP contribution in [0.1, 0.15) is 17.2 Å². The molecule has 0 heterocycles. The van der Waals surface area contributed by atoms with Crippen LogP contribution in [0.3, 0.4) is 0 Å². The normalized spacial score (nSPS) is 12.5. The molecule has 2 aromatic rings. The molecular formula is C21H21N3O7. The van der Waals surface area contributed by atoms with Gasteiger partial charge in [0.1, 0.15) is 6.10 Å². The molecule has 2 atom stereocenters. The van der Waals surface area contributed by atoms with Crippen molar-refractivity contribution in [3.05, 3.63) is 65.7 Å². The molecule has 10 heteroatoms. The highest BCUT2D eigenvalue weighted by Gasteiger charge is 2.27. The molecule has 0 fully saturated rings. The molecule has 0 unspecified atom stereocenters. The molecule has 2 aromatic carbocycles. The van der Waals surface area contributed by atoms with Gasteiger partial charge in [-0.3, -0.25) is 15.3 Å². The van der Waals surface area contributed by atoms with Gasteiger partial charge in [0.15, 0.2) is 17.6 Å². The van der Waals surface area contributed by atoms with E-state index in [9.17, 15) is 14.7 Å². The average molecular weight is 427 g/mol. The zero-order valence-electron chi connectivity index (χ0n) is 16.7. The van der Waals surface area contributed by atoms with E-state index in [0.717, 1.165) is 6.08 Å². The van der Waals surface area contributed by atoms with Gasteiger partial charge < -0.3 is 19.3 Å². The highest BCUT2D eigenvalue weighted by Crippen LogP contribution is 2.33. The Bertz CT molecular complexity index is 983. The Balaban J connectivity index is 2.30. The number of hydrogen-bond acceptors (Lipinski definition) is 8. The van der Waals surface area contributed by atoms with Gasteiger partial charge in [-0.1, -0.05) is 6.07 Å². The van der Waals surface area contributed by atoms with Crippen LogP contribution in [0.5, 0.6) is 11.5 Å². The zero-order chi connectivity index (χ0) is 22.8. The Morgan fingerprint density at radius 3 is 2.42 bits per heavy atom. The summed E-state index contributed by atoms with van der Waals surface area (Å²) in [6.07, 6.45) is -0.578. The minimum Gasteiger partial charge on any atom is -0.504 e. The van der Waals surface area contributed by atoms with Crippen LogP contribution >= 0.6 is 0 Å². The second-order valence-corrected chi connectivity index (χ2v) is 6.11. The van der Waals surface area contributed by atoms with Crippen molar-refractivity contribution >= 4 is 17.7 Å². The number of carbonyl (C=O) groups is 2. The first-order valence-corrected chi connectivity index (χ1v) is 8.91. The van der Waals surface area contributed by atoms with E-state index >= 15 is 0 Å². The van der Waals surface area contributed by atoms with Crippen LogP contribution in [-0.4, -0.2) is 42.6 Å². The fourth-order valence-corrected chi connectivity index (χ4v) is 2.62. The van der Waals surface area contributed by atoms with E-state index in [2.05, 4.69) is 5.32 Å². The summed E-state index contributed by atoms with van der Waals surface area (Å²) >= 11 is 0. The minimum atomic E-state index is -1.08. The van der Waals surface area contributed by atoms with Crippen LogP contribution in [0.15, 0.2) is 54.6 Å². The Morgan fingerprint density at radius 1 is 1.16 bits per heavy atom. The number of benzene rings is 2. The average Bonchev–Trinajstić information content (AvgIpc) is 2.78. The number of methoxy groups -OCH3 is 2. The van der Waals surface area contributed by atoms with Gasteiger partial charge in [0.2, 0.25) is 0 Å². The van der Waals surface area contributed by atoms with Crippen molar-refractivity contribution in [2.75, 3.05) is 19.5 Å². The highest BCUT2D eigenvalue weighted by molar-refractivity contribution is 5.86. The van der Waals surface area contributed by atoms with Crippen LogP contribution in [0, 0.1) is 11.3 Å². The van der Waals surface area contributed by atoms with Crippen LogP contribution in [0.4, 0.5) is 10.5 Å². The van der Waals surface area contributed by atoms with Crippen molar-refractivity contribution < 1.29 is 34.1 Å². The van der Waals surface area contributed by atoms with Gasteiger partial charge in [0, 0.05) is 18.9 Å². The number of ether oxygens (including phenoxy) is 3. The number of amides is 2. The third-order valence-corrected chi connectivity index (χ3v) is 4.14. The summed E-state index contributed by atoms with van der Waals surface area (Å²) in [5.74, 6) is -0.776. The number of hydroxylamine groups is 1. The molecule has 2 rings (SSSR count). The quantitative estimate of drug-likeness (QED) is 0.285. The number of phenolic OH excluding ortho intramolecular Hbond substituents is 1. The Hall–Kier alpha value is -4.07. The molecule has 0 spiro atoms. The minimum absolute atomic E-state index is 0.187. The molecule has 0 saturated carbocycles. The molecule has 0 aliphatic rings. The molecule has 162 valence electrons. The summed E-state index contributed by atoms with van der Waals surface area (Å²) in [5.41, 5.74) is 2.63. The maximum atomic E-state index is 12.5. The smallest absolute Gasteiger partial charge is 0.412 e. The first kappa shape index (κ1) is 23.2. The Labute approximate surface area is 178 Å². The van der Waals surface area contributed by atoms with Crippen LogP contribution < -0.4 is 15.5 Å². The molecule has 2 amide bonds. The van der Waals surface area contributed by atoms with Gasteiger partial charge in [-0.05, 0) is 48.0 Å². The predicted octanol–water partition coefficient (Wildman–Crippen LogP) is 2.64. The molecule has 0 bridgehead atoms. The molecule has 0 aliphatic carbocycles. The first-order chi connectivity index (χ1) is 14.9. The number of nitriles is 1. The molecular weight excluding hydrogens is 406 g/mol.